The summed E-state index contributed by atoms with van der Waals surface area (Å²) in [5.41, 5.74) is 5.12. The molecule has 0 heterocycles. The third-order valence-electron chi connectivity index (χ3n) is 1.45. The van der Waals surface area contributed by atoms with Crippen molar-refractivity contribution < 1.29 is 9.90 Å². The van der Waals surface area contributed by atoms with E-state index in [1.165, 1.54) is 18.2 Å². The second-order valence-corrected chi connectivity index (χ2v) is 2.94. The summed E-state index contributed by atoms with van der Waals surface area (Å²) in [7, 11) is 0. The van der Waals surface area contributed by atoms with Crippen LogP contribution in [0.4, 0.5) is 0 Å². The molecule has 0 aliphatic carbocycles. The van der Waals surface area contributed by atoms with Crippen LogP contribution in [0.25, 0.3) is 0 Å². The number of phenolic OH excluding ortho intramolecular Hbond substituents is 1. The molecule has 5 nitrogen and oxygen atoms in total. The molecular weight excluding hydrogens is 206 g/mol. The number of halogens is 1. The fourth-order valence-electron chi connectivity index (χ4n) is 0.878. The van der Waals surface area contributed by atoms with Gasteiger partial charge in [0.15, 0.2) is 5.96 Å². The predicted molar refractivity (Wildman–Crippen MR) is 52.5 cm³/mol. The van der Waals surface area contributed by atoms with Gasteiger partial charge in [-0.2, -0.15) is 0 Å². The molecule has 0 aromatic heterocycles. The third-order valence-corrected chi connectivity index (χ3v) is 1.76. The largest absolute Gasteiger partial charge is 0.508 e. The summed E-state index contributed by atoms with van der Waals surface area (Å²) in [5, 5.41) is 18.0. The van der Waals surface area contributed by atoms with E-state index in [1.807, 2.05) is 0 Å². The quantitative estimate of drug-likeness (QED) is 0.408. The topological polar surface area (TPSA) is 99.2 Å². The summed E-state index contributed by atoms with van der Waals surface area (Å²) in [5.74, 6) is -1.07. The van der Waals surface area contributed by atoms with Gasteiger partial charge in [-0.15, -0.1) is 0 Å². The molecule has 0 spiro atoms. The van der Waals surface area contributed by atoms with E-state index in [0.717, 1.165) is 0 Å². The normalized spacial score (nSPS) is 9.50. The fourth-order valence-corrected chi connectivity index (χ4v) is 1.14. The van der Waals surface area contributed by atoms with Crippen molar-refractivity contribution in [1.29, 1.82) is 5.41 Å². The number of benzene rings is 1. The second kappa shape index (κ2) is 3.97. The first-order chi connectivity index (χ1) is 6.50. The van der Waals surface area contributed by atoms with E-state index in [0.29, 0.717) is 0 Å². The van der Waals surface area contributed by atoms with Gasteiger partial charge in [-0.1, -0.05) is 11.6 Å². The number of hydrogen-bond acceptors (Lipinski definition) is 3. The number of nitrogens with two attached hydrogens (primary N) is 1. The molecular formula is C8H8ClN3O2. The van der Waals surface area contributed by atoms with Gasteiger partial charge in [0.05, 0.1) is 10.6 Å². The number of carbonyl (C=O) groups excluding carboxylic acids is 1. The number of nitrogens with one attached hydrogen (secondary N) is 2. The SMILES string of the molecule is N=C(N)NC(=O)c1ccc(O)cc1Cl. The first-order valence-corrected chi connectivity index (χ1v) is 4.02. The molecule has 0 saturated carbocycles. The van der Waals surface area contributed by atoms with Crippen molar-refractivity contribution in [3.8, 4) is 5.75 Å². The zero-order valence-corrected chi connectivity index (χ0v) is 7.80. The molecule has 0 unspecified atom stereocenters. The van der Waals surface area contributed by atoms with Gasteiger partial charge >= 0.3 is 0 Å². The van der Waals surface area contributed by atoms with Gasteiger partial charge in [0, 0.05) is 0 Å². The van der Waals surface area contributed by atoms with E-state index in [4.69, 9.17) is 27.9 Å². The highest BCUT2D eigenvalue weighted by atomic mass is 35.5. The lowest BCUT2D eigenvalue weighted by Gasteiger charge is -2.04. The molecule has 6 heteroatoms. The van der Waals surface area contributed by atoms with Gasteiger partial charge in [-0.05, 0) is 18.2 Å². The van der Waals surface area contributed by atoms with Crippen molar-refractivity contribution in [1.82, 2.24) is 5.32 Å². The molecule has 0 atom stereocenters. The van der Waals surface area contributed by atoms with Crippen LogP contribution < -0.4 is 11.1 Å². The maximum Gasteiger partial charge on any atom is 0.259 e. The number of hydrogen-bond donors (Lipinski definition) is 4. The lowest BCUT2D eigenvalue weighted by atomic mass is 10.2. The van der Waals surface area contributed by atoms with Crippen LogP contribution in [0.5, 0.6) is 5.75 Å². The van der Waals surface area contributed by atoms with E-state index < -0.39 is 11.9 Å². The predicted octanol–water partition coefficient (Wildman–Crippen LogP) is 0.669. The molecule has 1 amide bonds. The van der Waals surface area contributed by atoms with Crippen molar-refractivity contribution in [3.63, 3.8) is 0 Å². The number of aromatic hydroxyl groups is 1. The molecule has 14 heavy (non-hydrogen) atoms. The molecule has 1 aromatic carbocycles. The molecule has 5 N–H and O–H groups in total. The Hall–Kier alpha value is -1.75. The Labute approximate surface area is 85.0 Å². The van der Waals surface area contributed by atoms with E-state index in [-0.39, 0.29) is 16.3 Å². The summed E-state index contributed by atoms with van der Waals surface area (Å²) in [4.78, 5) is 11.3. The van der Waals surface area contributed by atoms with Crippen LogP contribution >= 0.6 is 11.6 Å². The summed E-state index contributed by atoms with van der Waals surface area (Å²) < 4.78 is 0. The summed E-state index contributed by atoms with van der Waals surface area (Å²) in [6, 6.07) is 3.90. The van der Waals surface area contributed by atoms with Gasteiger partial charge in [0.25, 0.3) is 5.91 Å². The summed E-state index contributed by atoms with van der Waals surface area (Å²) >= 11 is 5.68. The molecule has 0 radical (unpaired) electrons. The molecule has 0 aliphatic heterocycles. The summed E-state index contributed by atoms with van der Waals surface area (Å²) in [6.45, 7) is 0. The van der Waals surface area contributed by atoms with Crippen LogP contribution in [0.15, 0.2) is 18.2 Å². The maximum atomic E-state index is 11.3. The monoisotopic (exact) mass is 213 g/mol. The number of rotatable bonds is 1. The highest BCUT2D eigenvalue weighted by Gasteiger charge is 2.10. The van der Waals surface area contributed by atoms with Crippen molar-refractivity contribution in [2.24, 2.45) is 5.73 Å². The third kappa shape index (κ3) is 2.37. The number of carbonyl (C=O) groups is 1. The molecule has 74 valence electrons. The first-order valence-electron chi connectivity index (χ1n) is 3.64. The summed E-state index contributed by atoms with van der Waals surface area (Å²) in [6.07, 6.45) is 0. The van der Waals surface area contributed by atoms with Crippen molar-refractivity contribution in [2.75, 3.05) is 0 Å². The Morgan fingerprint density at radius 2 is 2.21 bits per heavy atom. The van der Waals surface area contributed by atoms with Crippen molar-refractivity contribution in [2.45, 2.75) is 0 Å². The lowest BCUT2D eigenvalue weighted by molar-refractivity contribution is 0.0976. The van der Waals surface area contributed by atoms with Gasteiger partial charge in [0.1, 0.15) is 5.75 Å². The standard InChI is InChI=1S/C8H8ClN3O2/c9-6-3-4(13)1-2-5(6)7(14)12-8(10)11/h1-3,13H,(H4,10,11,12,14). The smallest absolute Gasteiger partial charge is 0.259 e. The van der Waals surface area contributed by atoms with Gasteiger partial charge in [-0.25, -0.2) is 0 Å². The Kier molecular flexibility index (Phi) is 2.93. The highest BCUT2D eigenvalue weighted by Crippen LogP contribution is 2.21. The van der Waals surface area contributed by atoms with Gasteiger partial charge in [-0.3, -0.25) is 15.5 Å². The minimum atomic E-state index is -0.581. The van der Waals surface area contributed by atoms with E-state index in [1.54, 1.807) is 0 Å². The molecule has 0 fully saturated rings. The molecule has 0 aliphatic rings. The highest BCUT2D eigenvalue weighted by molar-refractivity contribution is 6.34. The minimum absolute atomic E-state index is 0.0330. The van der Waals surface area contributed by atoms with Crippen LogP contribution in [0, 0.1) is 5.41 Å². The van der Waals surface area contributed by atoms with E-state index in [9.17, 15) is 4.79 Å². The molecule has 1 rings (SSSR count). The average molecular weight is 214 g/mol. The van der Waals surface area contributed by atoms with E-state index in [2.05, 4.69) is 5.32 Å². The van der Waals surface area contributed by atoms with E-state index >= 15 is 0 Å². The van der Waals surface area contributed by atoms with Crippen LogP contribution in [-0.2, 0) is 0 Å². The van der Waals surface area contributed by atoms with Crippen LogP contribution in [-0.4, -0.2) is 17.0 Å². The number of amides is 1. The molecule has 0 saturated heterocycles. The van der Waals surface area contributed by atoms with Crippen molar-refractivity contribution in [3.05, 3.63) is 28.8 Å². The maximum absolute atomic E-state index is 11.3. The number of phenols is 1. The Morgan fingerprint density at radius 1 is 1.57 bits per heavy atom. The Morgan fingerprint density at radius 3 is 2.71 bits per heavy atom. The minimum Gasteiger partial charge on any atom is -0.508 e. The zero-order valence-electron chi connectivity index (χ0n) is 7.04. The van der Waals surface area contributed by atoms with Crippen molar-refractivity contribution >= 4 is 23.5 Å². The van der Waals surface area contributed by atoms with Crippen LogP contribution in [0.2, 0.25) is 5.02 Å². The fraction of sp³-hybridized carbons (Fsp3) is 0. The first kappa shape index (κ1) is 10.3. The van der Waals surface area contributed by atoms with Gasteiger partial charge < -0.3 is 10.8 Å². The molecule has 0 bridgehead atoms. The lowest BCUT2D eigenvalue weighted by Crippen LogP contribution is -2.35. The zero-order chi connectivity index (χ0) is 10.7. The van der Waals surface area contributed by atoms with Gasteiger partial charge in [0.2, 0.25) is 0 Å². The van der Waals surface area contributed by atoms with Crippen LogP contribution in [0.1, 0.15) is 10.4 Å². The Bertz CT molecular complexity index is 392. The Balaban J connectivity index is 2.96. The number of guanidine groups is 1. The second-order valence-electron chi connectivity index (χ2n) is 2.53. The van der Waals surface area contributed by atoms with Crippen LogP contribution in [0.3, 0.4) is 0 Å². The average Bonchev–Trinajstić information content (AvgIpc) is 2.01. The molecule has 1 aromatic rings.